The fraction of sp³-hybridized carbons (Fsp3) is 0.310. The Morgan fingerprint density at radius 3 is 2.30 bits per heavy atom. The van der Waals surface area contributed by atoms with Gasteiger partial charge < -0.3 is 21.6 Å². The second-order valence-electron chi connectivity index (χ2n) is 10.8. The summed E-state index contributed by atoms with van der Waals surface area (Å²) in [6, 6.07) is 21.1. The van der Waals surface area contributed by atoms with Crippen LogP contribution in [0.25, 0.3) is 11.1 Å². The second kappa shape index (κ2) is 11.9. The number of hydrogen-bond acceptors (Lipinski definition) is 7. The lowest BCUT2D eigenvalue weighted by Crippen LogP contribution is -2.52. The molecule has 0 aromatic heterocycles. The first-order valence-electron chi connectivity index (χ1n) is 12.9. The van der Waals surface area contributed by atoms with E-state index >= 15 is 0 Å². The fourth-order valence-corrected chi connectivity index (χ4v) is 7.44. The molecule has 0 saturated carbocycles. The predicted molar refractivity (Wildman–Crippen MR) is 162 cm³/mol. The number of sulfonamides is 1. The van der Waals surface area contributed by atoms with Crippen LogP contribution in [0.1, 0.15) is 39.2 Å². The van der Waals surface area contributed by atoms with E-state index in [0.29, 0.717) is 35.3 Å². The van der Waals surface area contributed by atoms with Gasteiger partial charge >= 0.3 is 0 Å². The number of anilines is 2. The van der Waals surface area contributed by atoms with Gasteiger partial charge in [-0.2, -0.15) is 11.8 Å². The van der Waals surface area contributed by atoms with Crippen molar-refractivity contribution in [1.82, 2.24) is 4.72 Å². The molecule has 40 heavy (non-hydrogen) atoms. The van der Waals surface area contributed by atoms with Crippen molar-refractivity contribution < 1.29 is 18.4 Å². The van der Waals surface area contributed by atoms with Crippen molar-refractivity contribution in [3.63, 3.8) is 0 Å². The molecule has 6 N–H and O–H groups in total. The molecule has 1 heterocycles. The van der Waals surface area contributed by atoms with Crippen LogP contribution < -0.4 is 21.1 Å². The number of nitrogens with two attached hydrogens (primary N) is 1. The zero-order valence-electron chi connectivity index (χ0n) is 22.8. The highest BCUT2D eigenvalue weighted by atomic mass is 32.2. The predicted octanol–water partition coefficient (Wildman–Crippen LogP) is 4.84. The van der Waals surface area contributed by atoms with Crippen LogP contribution in [-0.2, 0) is 14.8 Å². The van der Waals surface area contributed by atoms with Crippen LogP contribution in [0.2, 0.25) is 0 Å². The van der Waals surface area contributed by atoms with E-state index in [1.54, 1.807) is 99.3 Å². The van der Waals surface area contributed by atoms with Crippen LogP contribution in [0.5, 0.6) is 0 Å². The molecule has 1 aliphatic heterocycles. The summed E-state index contributed by atoms with van der Waals surface area (Å²) in [7, 11) is -3.75. The molecule has 11 heteroatoms. The SMILES string of the molecule is CC(C)(C)NS(=O)(=O)c1ccccc1-c1ccc(NC(=O)C2(Nc3cccc(/C(N)=N/O)c3)CCSCC2)cc1. The van der Waals surface area contributed by atoms with E-state index in [-0.39, 0.29) is 16.6 Å². The fourth-order valence-electron chi connectivity index (χ4n) is 4.60. The molecular formula is C29H35N5O4S2. The quantitative estimate of drug-likeness (QED) is 0.111. The minimum Gasteiger partial charge on any atom is -0.409 e. The van der Waals surface area contributed by atoms with Gasteiger partial charge in [0.05, 0.1) is 4.90 Å². The average molecular weight is 582 g/mol. The van der Waals surface area contributed by atoms with Gasteiger partial charge in [-0.15, -0.1) is 0 Å². The van der Waals surface area contributed by atoms with Crippen LogP contribution >= 0.6 is 11.8 Å². The molecule has 3 aromatic carbocycles. The Kier molecular flexibility index (Phi) is 8.77. The molecule has 212 valence electrons. The summed E-state index contributed by atoms with van der Waals surface area (Å²) >= 11 is 1.80. The second-order valence-corrected chi connectivity index (χ2v) is 13.6. The summed E-state index contributed by atoms with van der Waals surface area (Å²) in [6.07, 6.45) is 1.25. The summed E-state index contributed by atoms with van der Waals surface area (Å²) in [5.74, 6) is 1.48. The highest BCUT2D eigenvalue weighted by molar-refractivity contribution is 7.99. The first kappa shape index (κ1) is 29.4. The maximum atomic E-state index is 13.7. The third-order valence-corrected chi connectivity index (χ3v) is 9.30. The van der Waals surface area contributed by atoms with Crippen LogP contribution in [0.3, 0.4) is 0 Å². The van der Waals surface area contributed by atoms with E-state index < -0.39 is 21.1 Å². The summed E-state index contributed by atoms with van der Waals surface area (Å²) in [4.78, 5) is 13.9. The molecule has 4 rings (SSSR count). The summed E-state index contributed by atoms with van der Waals surface area (Å²) in [5, 5.41) is 18.6. The number of carbonyl (C=O) groups is 1. The molecule has 0 radical (unpaired) electrons. The lowest BCUT2D eigenvalue weighted by atomic mass is 9.90. The van der Waals surface area contributed by atoms with Crippen molar-refractivity contribution in [2.75, 3.05) is 22.1 Å². The molecule has 0 aliphatic carbocycles. The van der Waals surface area contributed by atoms with E-state index in [1.165, 1.54) is 0 Å². The van der Waals surface area contributed by atoms with Gasteiger partial charge in [0.1, 0.15) is 5.54 Å². The topological polar surface area (TPSA) is 146 Å². The van der Waals surface area contributed by atoms with Crippen LogP contribution in [-0.4, -0.2) is 48.0 Å². The Bertz CT molecular complexity index is 1490. The van der Waals surface area contributed by atoms with Crippen LogP contribution in [0.4, 0.5) is 11.4 Å². The van der Waals surface area contributed by atoms with Gasteiger partial charge in [-0.1, -0.05) is 47.6 Å². The van der Waals surface area contributed by atoms with Gasteiger partial charge in [-0.05, 0) is 81.0 Å². The maximum absolute atomic E-state index is 13.7. The van der Waals surface area contributed by atoms with E-state index in [1.807, 2.05) is 6.07 Å². The van der Waals surface area contributed by atoms with E-state index in [2.05, 4.69) is 20.5 Å². The number of nitrogens with one attached hydrogen (secondary N) is 3. The smallest absolute Gasteiger partial charge is 0.250 e. The van der Waals surface area contributed by atoms with Gasteiger partial charge in [0.25, 0.3) is 0 Å². The zero-order chi connectivity index (χ0) is 29.0. The van der Waals surface area contributed by atoms with Crippen molar-refractivity contribution in [3.8, 4) is 11.1 Å². The van der Waals surface area contributed by atoms with Crippen molar-refractivity contribution in [3.05, 3.63) is 78.4 Å². The van der Waals surface area contributed by atoms with Crippen molar-refractivity contribution in [2.45, 2.75) is 49.6 Å². The van der Waals surface area contributed by atoms with E-state index in [0.717, 1.165) is 17.1 Å². The molecular weight excluding hydrogens is 546 g/mol. The first-order chi connectivity index (χ1) is 18.9. The molecule has 3 aromatic rings. The Balaban J connectivity index is 1.57. The summed E-state index contributed by atoms with van der Waals surface area (Å²) in [5.41, 5.74) is 7.43. The molecule has 1 amide bonds. The van der Waals surface area contributed by atoms with Gasteiger partial charge in [0.15, 0.2) is 5.84 Å². The molecule has 0 spiro atoms. The number of nitrogens with zero attached hydrogens (tertiary/aromatic N) is 1. The molecule has 0 bridgehead atoms. The maximum Gasteiger partial charge on any atom is 0.250 e. The van der Waals surface area contributed by atoms with Crippen LogP contribution in [0.15, 0.2) is 82.8 Å². The van der Waals surface area contributed by atoms with Crippen molar-refractivity contribution in [2.24, 2.45) is 10.9 Å². The molecule has 0 atom stereocenters. The van der Waals surface area contributed by atoms with Gasteiger partial charge in [-0.3, -0.25) is 4.79 Å². The highest BCUT2D eigenvalue weighted by Gasteiger charge is 2.40. The Hall–Kier alpha value is -3.54. The Morgan fingerprint density at radius 1 is 0.975 bits per heavy atom. The average Bonchev–Trinajstić information content (AvgIpc) is 2.92. The number of thioether (sulfide) groups is 1. The highest BCUT2D eigenvalue weighted by Crippen LogP contribution is 2.33. The number of carbonyl (C=O) groups excluding carboxylic acids is 1. The van der Waals surface area contributed by atoms with E-state index in [4.69, 9.17) is 10.9 Å². The van der Waals surface area contributed by atoms with Gasteiger partial charge in [0.2, 0.25) is 15.9 Å². The summed E-state index contributed by atoms with van der Waals surface area (Å²) in [6.45, 7) is 5.40. The minimum absolute atomic E-state index is 0.00926. The van der Waals surface area contributed by atoms with Crippen molar-refractivity contribution in [1.29, 1.82) is 0 Å². The third-order valence-electron chi connectivity index (χ3n) is 6.50. The summed E-state index contributed by atoms with van der Waals surface area (Å²) < 4.78 is 28.9. The third kappa shape index (κ3) is 6.96. The number of oxime groups is 1. The molecule has 1 fully saturated rings. The first-order valence-corrected chi connectivity index (χ1v) is 15.6. The largest absolute Gasteiger partial charge is 0.409 e. The molecule has 1 saturated heterocycles. The monoisotopic (exact) mass is 581 g/mol. The van der Waals surface area contributed by atoms with Gasteiger partial charge in [0, 0.05) is 28.0 Å². The number of hydrogen-bond donors (Lipinski definition) is 5. The number of rotatable bonds is 8. The molecule has 0 unspecified atom stereocenters. The Morgan fingerprint density at radius 2 is 1.65 bits per heavy atom. The minimum atomic E-state index is -3.75. The number of amides is 1. The standard InChI is InChI=1S/C29H35N5O4S2/c1-28(2,3)34-40(37,38)25-10-5-4-9-24(25)20-11-13-22(14-12-20)31-27(35)29(15-17-39-18-16-29)32-23-8-6-7-21(19-23)26(30)33-36/h4-14,19,32,34,36H,15-18H2,1-3H3,(H2,30,33)(H,31,35). The molecule has 9 nitrogen and oxygen atoms in total. The number of benzene rings is 3. The van der Waals surface area contributed by atoms with Crippen LogP contribution in [0, 0.1) is 0 Å². The van der Waals surface area contributed by atoms with E-state index in [9.17, 15) is 13.2 Å². The van der Waals surface area contributed by atoms with Crippen molar-refractivity contribution >= 4 is 44.9 Å². The zero-order valence-corrected chi connectivity index (χ0v) is 24.4. The Labute approximate surface area is 239 Å². The lowest BCUT2D eigenvalue weighted by molar-refractivity contribution is -0.120. The molecule has 1 aliphatic rings. The number of amidine groups is 1. The van der Waals surface area contributed by atoms with Gasteiger partial charge in [-0.25, -0.2) is 13.1 Å². The normalized spacial score (nSPS) is 15.8. The lowest BCUT2D eigenvalue weighted by Gasteiger charge is -2.37.